The SMILES string of the molecule is Cn1cnnc1CCNc1nc2ccc(Br)cn2n1. The van der Waals surface area contributed by atoms with Gasteiger partial charge < -0.3 is 9.88 Å². The number of halogens is 1. The molecule has 0 unspecified atom stereocenters. The molecule has 0 aromatic carbocycles. The number of fused-ring (bicyclic) bond motifs is 1. The van der Waals surface area contributed by atoms with Crippen molar-refractivity contribution in [2.75, 3.05) is 11.9 Å². The molecule has 3 heterocycles. The lowest BCUT2D eigenvalue weighted by atomic mass is 10.4. The van der Waals surface area contributed by atoms with Crippen LogP contribution in [0.3, 0.4) is 0 Å². The Hall–Kier alpha value is -1.96. The van der Waals surface area contributed by atoms with E-state index in [1.165, 1.54) is 0 Å². The van der Waals surface area contributed by atoms with Crippen molar-refractivity contribution in [1.29, 1.82) is 0 Å². The number of aromatic nitrogens is 6. The summed E-state index contributed by atoms with van der Waals surface area (Å²) < 4.78 is 4.60. The van der Waals surface area contributed by atoms with Crippen LogP contribution in [0.1, 0.15) is 5.82 Å². The number of hydrogen-bond acceptors (Lipinski definition) is 5. The fraction of sp³-hybridized carbons (Fsp3) is 0.273. The Labute approximate surface area is 117 Å². The van der Waals surface area contributed by atoms with Crippen LogP contribution in [0.25, 0.3) is 5.65 Å². The Kier molecular flexibility index (Phi) is 3.16. The highest BCUT2D eigenvalue weighted by Gasteiger charge is 2.04. The number of anilines is 1. The first kappa shape index (κ1) is 12.1. The minimum atomic E-state index is 0.611. The highest BCUT2D eigenvalue weighted by molar-refractivity contribution is 9.10. The third-order valence-electron chi connectivity index (χ3n) is 2.73. The summed E-state index contributed by atoms with van der Waals surface area (Å²) in [5, 5.41) is 15.4. The normalized spacial score (nSPS) is 11.1. The molecule has 0 aliphatic rings. The van der Waals surface area contributed by atoms with Crippen molar-refractivity contribution < 1.29 is 0 Å². The number of pyridine rings is 1. The van der Waals surface area contributed by atoms with Gasteiger partial charge in [0.05, 0.1) is 0 Å². The van der Waals surface area contributed by atoms with Crippen molar-refractivity contribution in [3.8, 4) is 0 Å². The van der Waals surface area contributed by atoms with Crippen molar-refractivity contribution in [1.82, 2.24) is 29.4 Å². The molecule has 0 saturated heterocycles. The fourth-order valence-corrected chi connectivity index (χ4v) is 2.08. The molecule has 19 heavy (non-hydrogen) atoms. The van der Waals surface area contributed by atoms with Crippen molar-refractivity contribution >= 4 is 27.5 Å². The van der Waals surface area contributed by atoms with Crippen LogP contribution in [0.4, 0.5) is 5.95 Å². The second kappa shape index (κ2) is 4.96. The first-order chi connectivity index (χ1) is 9.22. The number of rotatable bonds is 4. The molecule has 1 N–H and O–H groups in total. The maximum Gasteiger partial charge on any atom is 0.243 e. The highest BCUT2D eigenvalue weighted by Crippen LogP contribution is 2.12. The third-order valence-corrected chi connectivity index (χ3v) is 3.20. The maximum atomic E-state index is 4.37. The van der Waals surface area contributed by atoms with Crippen LogP contribution in [0.5, 0.6) is 0 Å². The van der Waals surface area contributed by atoms with Crippen LogP contribution in [0.2, 0.25) is 0 Å². The predicted molar refractivity (Wildman–Crippen MR) is 73.9 cm³/mol. The molecule has 0 atom stereocenters. The molecule has 3 rings (SSSR count). The molecule has 0 amide bonds. The minimum Gasteiger partial charge on any atom is -0.352 e. The molecule has 0 aliphatic carbocycles. The van der Waals surface area contributed by atoms with Gasteiger partial charge in [-0.25, -0.2) is 4.52 Å². The second-order valence-electron chi connectivity index (χ2n) is 4.12. The number of nitrogens with one attached hydrogen (secondary N) is 1. The average molecular weight is 322 g/mol. The van der Waals surface area contributed by atoms with E-state index in [2.05, 4.69) is 41.5 Å². The Balaban J connectivity index is 1.67. The molecular formula is C11H12BrN7. The minimum absolute atomic E-state index is 0.611. The van der Waals surface area contributed by atoms with Gasteiger partial charge in [0.15, 0.2) is 5.65 Å². The average Bonchev–Trinajstić information content (AvgIpc) is 2.95. The van der Waals surface area contributed by atoms with Crippen LogP contribution in [0, 0.1) is 0 Å². The molecule has 0 saturated carbocycles. The van der Waals surface area contributed by atoms with Crippen molar-refractivity contribution in [3.63, 3.8) is 0 Å². The molecule has 0 spiro atoms. The summed E-state index contributed by atoms with van der Waals surface area (Å²) in [6.45, 7) is 0.713. The van der Waals surface area contributed by atoms with Crippen molar-refractivity contribution in [2.45, 2.75) is 6.42 Å². The number of hydrogen-bond donors (Lipinski definition) is 1. The van der Waals surface area contributed by atoms with E-state index in [0.717, 1.165) is 22.4 Å². The summed E-state index contributed by atoms with van der Waals surface area (Å²) in [7, 11) is 1.93. The molecule has 7 nitrogen and oxygen atoms in total. The first-order valence-corrected chi connectivity index (χ1v) is 6.60. The summed E-state index contributed by atoms with van der Waals surface area (Å²) in [4.78, 5) is 4.37. The second-order valence-corrected chi connectivity index (χ2v) is 5.04. The van der Waals surface area contributed by atoms with Gasteiger partial charge in [-0.3, -0.25) is 0 Å². The zero-order valence-corrected chi connectivity index (χ0v) is 11.9. The van der Waals surface area contributed by atoms with Gasteiger partial charge in [-0.15, -0.1) is 15.3 Å². The van der Waals surface area contributed by atoms with Gasteiger partial charge in [0, 0.05) is 30.7 Å². The number of nitrogens with zero attached hydrogens (tertiary/aromatic N) is 6. The van der Waals surface area contributed by atoms with E-state index in [1.807, 2.05) is 29.9 Å². The van der Waals surface area contributed by atoms with E-state index >= 15 is 0 Å². The van der Waals surface area contributed by atoms with Crippen LogP contribution < -0.4 is 5.32 Å². The molecule has 0 radical (unpaired) electrons. The lowest BCUT2D eigenvalue weighted by molar-refractivity contribution is 0.785. The Morgan fingerprint density at radius 3 is 3.05 bits per heavy atom. The Morgan fingerprint density at radius 1 is 1.37 bits per heavy atom. The zero-order valence-electron chi connectivity index (χ0n) is 10.3. The quantitative estimate of drug-likeness (QED) is 0.783. The predicted octanol–water partition coefficient (Wildman–Crippen LogP) is 1.27. The van der Waals surface area contributed by atoms with E-state index in [-0.39, 0.29) is 0 Å². The molecule has 3 aromatic rings. The van der Waals surface area contributed by atoms with Gasteiger partial charge in [-0.2, -0.15) is 4.98 Å². The summed E-state index contributed by atoms with van der Waals surface area (Å²) in [6, 6.07) is 3.85. The standard InChI is InChI=1S/C11H12BrN7/c1-18-7-14-16-10(18)4-5-13-11-15-9-3-2-8(12)6-19(9)17-11/h2-3,6-7H,4-5H2,1H3,(H,13,17). The van der Waals surface area contributed by atoms with E-state index in [4.69, 9.17) is 0 Å². The van der Waals surface area contributed by atoms with Gasteiger partial charge in [-0.05, 0) is 28.1 Å². The van der Waals surface area contributed by atoms with Crippen molar-refractivity contribution in [2.24, 2.45) is 7.05 Å². The summed E-state index contributed by atoms with van der Waals surface area (Å²) in [6.07, 6.45) is 4.34. The number of aryl methyl sites for hydroxylation is 1. The summed E-state index contributed by atoms with van der Waals surface area (Å²) >= 11 is 3.40. The Bertz CT molecular complexity index is 702. The molecule has 3 aromatic heterocycles. The molecule has 98 valence electrons. The topological polar surface area (TPSA) is 72.9 Å². The molecule has 0 bridgehead atoms. The molecular weight excluding hydrogens is 310 g/mol. The monoisotopic (exact) mass is 321 g/mol. The summed E-state index contributed by atoms with van der Waals surface area (Å²) in [5.74, 6) is 1.54. The summed E-state index contributed by atoms with van der Waals surface area (Å²) in [5.41, 5.74) is 0.810. The van der Waals surface area contributed by atoms with Gasteiger partial charge >= 0.3 is 0 Å². The van der Waals surface area contributed by atoms with E-state index in [0.29, 0.717) is 12.5 Å². The van der Waals surface area contributed by atoms with E-state index in [1.54, 1.807) is 10.8 Å². The van der Waals surface area contributed by atoms with E-state index < -0.39 is 0 Å². The Morgan fingerprint density at radius 2 is 2.26 bits per heavy atom. The highest BCUT2D eigenvalue weighted by atomic mass is 79.9. The molecule has 0 fully saturated rings. The van der Waals surface area contributed by atoms with Crippen LogP contribution in [-0.4, -0.2) is 35.9 Å². The van der Waals surface area contributed by atoms with Crippen LogP contribution >= 0.6 is 15.9 Å². The smallest absolute Gasteiger partial charge is 0.243 e. The van der Waals surface area contributed by atoms with E-state index in [9.17, 15) is 0 Å². The third kappa shape index (κ3) is 2.58. The van der Waals surface area contributed by atoms with Gasteiger partial charge in [-0.1, -0.05) is 0 Å². The van der Waals surface area contributed by atoms with Crippen LogP contribution in [-0.2, 0) is 13.5 Å². The molecule has 8 heteroatoms. The largest absolute Gasteiger partial charge is 0.352 e. The van der Waals surface area contributed by atoms with Gasteiger partial charge in [0.25, 0.3) is 0 Å². The van der Waals surface area contributed by atoms with Crippen molar-refractivity contribution in [3.05, 3.63) is 35.0 Å². The fourth-order valence-electron chi connectivity index (χ4n) is 1.75. The maximum absolute atomic E-state index is 4.37. The van der Waals surface area contributed by atoms with Gasteiger partial charge in [0.2, 0.25) is 5.95 Å². The lowest BCUT2D eigenvalue weighted by Crippen LogP contribution is -2.09. The first-order valence-electron chi connectivity index (χ1n) is 5.81. The lowest BCUT2D eigenvalue weighted by Gasteiger charge is -2.00. The molecule has 0 aliphatic heterocycles. The zero-order chi connectivity index (χ0) is 13.2. The van der Waals surface area contributed by atoms with Crippen LogP contribution in [0.15, 0.2) is 29.1 Å². The van der Waals surface area contributed by atoms with Gasteiger partial charge in [0.1, 0.15) is 12.2 Å².